The first-order chi connectivity index (χ1) is 7.83. The van der Waals surface area contributed by atoms with Gasteiger partial charge in [-0.1, -0.05) is 0 Å². The minimum absolute atomic E-state index is 0.00940. The van der Waals surface area contributed by atoms with E-state index >= 15 is 0 Å². The first-order valence-corrected chi connectivity index (χ1v) is 5.49. The third kappa shape index (κ3) is 2.48. The van der Waals surface area contributed by atoms with Crippen molar-refractivity contribution < 1.29 is 23.1 Å². The minimum atomic E-state index is -4.57. The zero-order chi connectivity index (χ0) is 12.7. The molecule has 1 heterocycles. The third-order valence-electron chi connectivity index (χ3n) is 2.56. The molecule has 17 heavy (non-hydrogen) atoms. The minimum Gasteiger partial charge on any atom is -0.481 e. The molecule has 1 aromatic rings. The number of nitrogens with one attached hydrogen (secondary N) is 1. The summed E-state index contributed by atoms with van der Waals surface area (Å²) in [5, 5.41) is 11.4. The lowest BCUT2D eigenvalue weighted by Crippen LogP contribution is -2.24. The molecule has 0 spiro atoms. The number of carboxylic acids is 1. The fourth-order valence-electron chi connectivity index (χ4n) is 1.27. The molecule has 1 aromatic heterocycles. The summed E-state index contributed by atoms with van der Waals surface area (Å²) in [7, 11) is 0. The summed E-state index contributed by atoms with van der Waals surface area (Å²) in [6, 6.07) is 0. The molecule has 1 fully saturated rings. The Morgan fingerprint density at radius 1 is 1.53 bits per heavy atom. The third-order valence-corrected chi connectivity index (χ3v) is 3.24. The molecular formula is C8H8F3N3O2S. The Labute approximate surface area is 97.8 Å². The molecule has 94 valence electrons. The topological polar surface area (TPSA) is 75.1 Å². The van der Waals surface area contributed by atoms with Gasteiger partial charge in [-0.25, -0.2) is 0 Å². The number of anilines is 1. The lowest BCUT2D eigenvalue weighted by Gasteiger charge is -2.09. The molecule has 1 aliphatic carbocycles. The number of hydrogen-bond donors (Lipinski definition) is 2. The van der Waals surface area contributed by atoms with Gasteiger partial charge < -0.3 is 10.4 Å². The summed E-state index contributed by atoms with van der Waals surface area (Å²) in [4.78, 5) is 14.1. The fourth-order valence-corrected chi connectivity index (χ4v) is 1.85. The van der Waals surface area contributed by atoms with Crippen LogP contribution in [0.2, 0.25) is 0 Å². The number of carbonyl (C=O) groups is 1. The molecule has 0 atom stereocenters. The highest BCUT2D eigenvalue weighted by atomic mass is 32.1. The normalized spacial score (nSPS) is 17.8. The summed E-state index contributed by atoms with van der Waals surface area (Å²) in [6.45, 7) is 0.0782. The van der Waals surface area contributed by atoms with Crippen LogP contribution < -0.4 is 5.32 Å². The Kier molecular flexibility index (Phi) is 2.72. The standard InChI is InChI=1S/C8H8F3N3O2S/c9-8(10,11)4-13-6(17-14-4)12-3-7(1-2-7)5(15)16/h1-3H2,(H,15,16)(H,12,13,14). The molecule has 0 aliphatic heterocycles. The average Bonchev–Trinajstić information content (AvgIpc) is 2.85. The number of alkyl halides is 3. The quantitative estimate of drug-likeness (QED) is 0.870. The molecule has 1 aliphatic rings. The Hall–Kier alpha value is -1.38. The van der Waals surface area contributed by atoms with Gasteiger partial charge in [0.2, 0.25) is 11.0 Å². The van der Waals surface area contributed by atoms with Crippen LogP contribution in [0, 0.1) is 5.41 Å². The van der Waals surface area contributed by atoms with E-state index in [2.05, 4.69) is 14.7 Å². The van der Waals surface area contributed by atoms with Crippen LogP contribution in [0.15, 0.2) is 0 Å². The van der Waals surface area contributed by atoms with E-state index < -0.39 is 23.4 Å². The number of nitrogens with zero attached hydrogens (tertiary/aromatic N) is 2. The number of rotatable bonds is 4. The van der Waals surface area contributed by atoms with E-state index in [4.69, 9.17) is 5.11 Å². The molecule has 1 saturated carbocycles. The maximum absolute atomic E-state index is 12.2. The van der Waals surface area contributed by atoms with E-state index in [9.17, 15) is 18.0 Å². The van der Waals surface area contributed by atoms with E-state index in [1.165, 1.54) is 0 Å². The molecule has 0 unspecified atom stereocenters. The van der Waals surface area contributed by atoms with Crippen LogP contribution >= 0.6 is 11.5 Å². The van der Waals surface area contributed by atoms with Gasteiger partial charge in [0, 0.05) is 18.1 Å². The van der Waals surface area contributed by atoms with Crippen LogP contribution in [0.1, 0.15) is 18.7 Å². The van der Waals surface area contributed by atoms with Gasteiger partial charge in [0.15, 0.2) is 0 Å². The van der Waals surface area contributed by atoms with Crippen molar-refractivity contribution in [2.45, 2.75) is 19.0 Å². The SMILES string of the molecule is O=C(O)C1(CNc2nc(C(F)(F)F)ns2)CC1. The lowest BCUT2D eigenvalue weighted by atomic mass is 10.1. The van der Waals surface area contributed by atoms with Crippen molar-refractivity contribution in [1.82, 2.24) is 9.36 Å². The Morgan fingerprint density at radius 3 is 2.59 bits per heavy atom. The summed E-state index contributed by atoms with van der Waals surface area (Å²) >= 11 is 0.571. The van der Waals surface area contributed by atoms with E-state index in [-0.39, 0.29) is 11.7 Å². The number of aromatic nitrogens is 2. The van der Waals surface area contributed by atoms with Crippen LogP contribution in [-0.2, 0) is 11.0 Å². The molecule has 0 saturated heterocycles. The van der Waals surface area contributed by atoms with Crippen LogP contribution in [0.4, 0.5) is 18.3 Å². The highest BCUT2D eigenvalue weighted by Crippen LogP contribution is 2.45. The molecule has 0 radical (unpaired) electrons. The molecule has 0 bridgehead atoms. The Balaban J connectivity index is 1.97. The maximum atomic E-state index is 12.2. The predicted molar refractivity (Wildman–Crippen MR) is 52.7 cm³/mol. The van der Waals surface area contributed by atoms with Gasteiger partial charge in [-0.3, -0.25) is 4.79 Å². The highest BCUT2D eigenvalue weighted by Gasteiger charge is 2.50. The van der Waals surface area contributed by atoms with Gasteiger partial charge in [-0.15, -0.1) is 0 Å². The number of aliphatic carboxylic acids is 1. The zero-order valence-electron chi connectivity index (χ0n) is 8.41. The van der Waals surface area contributed by atoms with Crippen LogP contribution in [0.5, 0.6) is 0 Å². The molecular weight excluding hydrogens is 259 g/mol. The smallest absolute Gasteiger partial charge is 0.452 e. The Bertz CT molecular complexity index is 441. The highest BCUT2D eigenvalue weighted by molar-refractivity contribution is 7.09. The maximum Gasteiger partial charge on any atom is 0.452 e. The van der Waals surface area contributed by atoms with Crippen LogP contribution in [-0.4, -0.2) is 27.0 Å². The van der Waals surface area contributed by atoms with Gasteiger partial charge >= 0.3 is 12.1 Å². The monoisotopic (exact) mass is 267 g/mol. The van der Waals surface area contributed by atoms with Crippen molar-refractivity contribution in [3.8, 4) is 0 Å². The average molecular weight is 267 g/mol. The molecule has 2 rings (SSSR count). The summed E-state index contributed by atoms with van der Waals surface area (Å²) < 4.78 is 39.7. The Morgan fingerprint density at radius 2 is 2.18 bits per heavy atom. The zero-order valence-corrected chi connectivity index (χ0v) is 9.23. The summed E-state index contributed by atoms with van der Waals surface area (Å²) in [5.41, 5.74) is -0.843. The largest absolute Gasteiger partial charge is 0.481 e. The van der Waals surface area contributed by atoms with Crippen molar-refractivity contribution in [3.05, 3.63) is 5.82 Å². The second-order valence-corrected chi connectivity index (χ2v) is 4.61. The van der Waals surface area contributed by atoms with Crippen molar-refractivity contribution in [1.29, 1.82) is 0 Å². The number of carboxylic acid groups (broad SMARTS) is 1. The van der Waals surface area contributed by atoms with Crippen molar-refractivity contribution in [2.75, 3.05) is 11.9 Å². The fraction of sp³-hybridized carbons (Fsp3) is 0.625. The summed E-state index contributed by atoms with van der Waals surface area (Å²) in [6.07, 6.45) is -3.51. The first-order valence-electron chi connectivity index (χ1n) is 4.72. The second kappa shape index (κ2) is 3.83. The van der Waals surface area contributed by atoms with Crippen molar-refractivity contribution >= 4 is 22.6 Å². The van der Waals surface area contributed by atoms with Crippen molar-refractivity contribution in [3.63, 3.8) is 0 Å². The van der Waals surface area contributed by atoms with Crippen molar-refractivity contribution in [2.24, 2.45) is 5.41 Å². The predicted octanol–water partition coefficient (Wildman–Crippen LogP) is 1.83. The van der Waals surface area contributed by atoms with E-state index in [1.54, 1.807) is 0 Å². The molecule has 0 aromatic carbocycles. The van der Waals surface area contributed by atoms with E-state index in [0.717, 1.165) is 0 Å². The van der Waals surface area contributed by atoms with E-state index in [0.29, 0.717) is 24.4 Å². The summed E-state index contributed by atoms with van der Waals surface area (Å²) in [5.74, 6) is -2.14. The van der Waals surface area contributed by atoms with Gasteiger partial charge in [-0.05, 0) is 12.8 Å². The molecule has 2 N–H and O–H groups in total. The van der Waals surface area contributed by atoms with Gasteiger partial charge in [-0.2, -0.15) is 22.5 Å². The van der Waals surface area contributed by atoms with Gasteiger partial charge in [0.05, 0.1) is 5.41 Å². The lowest BCUT2D eigenvalue weighted by molar-refractivity contribution is -0.144. The second-order valence-electron chi connectivity index (χ2n) is 3.86. The van der Waals surface area contributed by atoms with E-state index in [1.807, 2.05) is 0 Å². The van der Waals surface area contributed by atoms with Crippen LogP contribution in [0.3, 0.4) is 0 Å². The molecule has 9 heteroatoms. The molecule has 5 nitrogen and oxygen atoms in total. The van der Waals surface area contributed by atoms with Crippen LogP contribution in [0.25, 0.3) is 0 Å². The molecule has 0 amide bonds. The number of halogens is 3. The number of hydrogen-bond acceptors (Lipinski definition) is 5. The first kappa shape index (κ1) is 12.1. The van der Waals surface area contributed by atoms with Gasteiger partial charge in [0.1, 0.15) is 0 Å². The van der Waals surface area contributed by atoms with Gasteiger partial charge in [0.25, 0.3) is 0 Å².